The summed E-state index contributed by atoms with van der Waals surface area (Å²) in [6, 6.07) is 0. The SMILES string of the molecule is CCN(CC(C)=O)C(=O)[C@@]12CCC[C@H](OC)[C@@H]1[C@@H]1C[C@H](CO)[C@H](O)[C@@H]1C[C@@H]2O. The van der Waals surface area contributed by atoms with Crippen LogP contribution in [0, 0.1) is 29.1 Å². The maximum Gasteiger partial charge on any atom is 0.232 e. The number of likely N-dealkylation sites (N-methyl/N-ethyl adjacent to an activating group) is 1. The van der Waals surface area contributed by atoms with Crippen molar-refractivity contribution in [1.82, 2.24) is 4.90 Å². The lowest BCUT2D eigenvalue weighted by Crippen LogP contribution is -2.64. The van der Waals surface area contributed by atoms with Crippen molar-refractivity contribution in [1.29, 1.82) is 0 Å². The summed E-state index contributed by atoms with van der Waals surface area (Å²) in [4.78, 5) is 27.0. The van der Waals surface area contributed by atoms with Gasteiger partial charge in [0.25, 0.3) is 0 Å². The zero-order valence-electron chi connectivity index (χ0n) is 17.2. The van der Waals surface area contributed by atoms with Gasteiger partial charge in [0.15, 0.2) is 0 Å². The van der Waals surface area contributed by atoms with Crippen LogP contribution in [0.15, 0.2) is 0 Å². The van der Waals surface area contributed by atoms with Crippen molar-refractivity contribution in [3.63, 3.8) is 0 Å². The van der Waals surface area contributed by atoms with Gasteiger partial charge in [-0.15, -0.1) is 0 Å². The number of fused-ring (bicyclic) bond motifs is 3. The van der Waals surface area contributed by atoms with Crippen LogP contribution in [0.25, 0.3) is 0 Å². The summed E-state index contributed by atoms with van der Waals surface area (Å²) in [6.07, 6.45) is 1.39. The van der Waals surface area contributed by atoms with Gasteiger partial charge >= 0.3 is 0 Å². The van der Waals surface area contributed by atoms with Gasteiger partial charge in [0, 0.05) is 32.1 Å². The lowest BCUT2D eigenvalue weighted by molar-refractivity contribution is -0.196. The van der Waals surface area contributed by atoms with E-state index >= 15 is 0 Å². The number of carbonyl (C=O) groups excluding carboxylic acids is 2. The molecule has 7 heteroatoms. The van der Waals surface area contributed by atoms with Gasteiger partial charge in [-0.2, -0.15) is 0 Å². The highest BCUT2D eigenvalue weighted by Gasteiger charge is 2.65. The predicted octanol–water partition coefficient (Wildman–Crippen LogP) is 0.595. The molecule has 0 saturated heterocycles. The second-order valence-electron chi connectivity index (χ2n) is 9.00. The van der Waals surface area contributed by atoms with Gasteiger partial charge in [-0.05, 0) is 57.8 Å². The second kappa shape index (κ2) is 8.38. The number of ketones is 1. The monoisotopic (exact) mass is 397 g/mol. The van der Waals surface area contributed by atoms with Crippen molar-refractivity contribution in [3.8, 4) is 0 Å². The van der Waals surface area contributed by atoms with E-state index < -0.39 is 17.6 Å². The molecule has 0 spiro atoms. The quantitative estimate of drug-likeness (QED) is 0.606. The number of Topliss-reactive ketones (excluding diaryl/α,β-unsaturated/α-hetero) is 1. The topological polar surface area (TPSA) is 107 Å². The molecule has 0 bridgehead atoms. The van der Waals surface area contributed by atoms with Crippen molar-refractivity contribution in [2.75, 3.05) is 26.8 Å². The summed E-state index contributed by atoms with van der Waals surface area (Å²) in [5.74, 6) is -0.823. The van der Waals surface area contributed by atoms with Crippen LogP contribution in [0.2, 0.25) is 0 Å². The van der Waals surface area contributed by atoms with E-state index in [-0.39, 0.29) is 54.6 Å². The molecule has 3 saturated carbocycles. The first-order valence-electron chi connectivity index (χ1n) is 10.6. The highest BCUT2D eigenvalue weighted by atomic mass is 16.5. The summed E-state index contributed by atoms with van der Waals surface area (Å²) in [7, 11) is 1.64. The second-order valence-corrected chi connectivity index (χ2v) is 9.00. The summed E-state index contributed by atoms with van der Waals surface area (Å²) < 4.78 is 5.80. The number of hydrogen-bond donors (Lipinski definition) is 3. The normalized spacial score (nSPS) is 42.6. The number of carbonyl (C=O) groups is 2. The van der Waals surface area contributed by atoms with Crippen LogP contribution in [0.1, 0.15) is 46.0 Å². The fraction of sp³-hybridized carbons (Fsp3) is 0.905. The average molecular weight is 398 g/mol. The Bertz CT molecular complexity index is 597. The lowest BCUT2D eigenvalue weighted by atomic mass is 9.50. The van der Waals surface area contributed by atoms with Crippen molar-refractivity contribution < 1.29 is 29.6 Å². The number of methoxy groups -OCH3 is 1. The number of aliphatic hydroxyl groups excluding tert-OH is 3. The third-order valence-electron chi connectivity index (χ3n) is 7.69. The molecule has 0 heterocycles. The number of rotatable bonds is 6. The molecule has 7 nitrogen and oxygen atoms in total. The molecule has 0 aliphatic heterocycles. The third kappa shape index (κ3) is 3.30. The van der Waals surface area contributed by atoms with Gasteiger partial charge in [0.2, 0.25) is 5.91 Å². The van der Waals surface area contributed by atoms with Crippen LogP contribution in [0.4, 0.5) is 0 Å². The van der Waals surface area contributed by atoms with Gasteiger partial charge in [-0.3, -0.25) is 9.59 Å². The van der Waals surface area contributed by atoms with Crippen LogP contribution in [-0.2, 0) is 14.3 Å². The van der Waals surface area contributed by atoms with Crippen LogP contribution < -0.4 is 0 Å². The predicted molar refractivity (Wildman–Crippen MR) is 102 cm³/mol. The highest BCUT2D eigenvalue weighted by molar-refractivity contribution is 5.89. The fourth-order valence-electron chi connectivity index (χ4n) is 6.51. The van der Waals surface area contributed by atoms with Crippen molar-refractivity contribution in [3.05, 3.63) is 0 Å². The molecule has 0 aromatic rings. The minimum absolute atomic E-state index is 0.0146. The summed E-state index contributed by atoms with van der Waals surface area (Å²) >= 11 is 0. The van der Waals surface area contributed by atoms with E-state index in [1.165, 1.54) is 6.92 Å². The van der Waals surface area contributed by atoms with Crippen molar-refractivity contribution >= 4 is 11.7 Å². The number of hydrogen-bond acceptors (Lipinski definition) is 6. The first-order valence-corrected chi connectivity index (χ1v) is 10.6. The van der Waals surface area contributed by atoms with E-state index in [1.54, 1.807) is 12.0 Å². The maximum absolute atomic E-state index is 13.8. The minimum atomic E-state index is -0.990. The van der Waals surface area contributed by atoms with Gasteiger partial charge in [-0.25, -0.2) is 0 Å². The van der Waals surface area contributed by atoms with Crippen LogP contribution >= 0.6 is 0 Å². The van der Waals surface area contributed by atoms with E-state index in [1.807, 2.05) is 6.92 Å². The van der Waals surface area contributed by atoms with Crippen LogP contribution in [-0.4, -0.2) is 77.0 Å². The van der Waals surface area contributed by atoms with Gasteiger partial charge in [0.05, 0.1) is 30.3 Å². The molecular weight excluding hydrogens is 362 g/mol. The first kappa shape index (κ1) is 21.7. The maximum atomic E-state index is 13.8. The van der Waals surface area contributed by atoms with E-state index in [0.717, 1.165) is 12.8 Å². The molecular formula is C21H35NO6. The Morgan fingerprint density at radius 1 is 1.21 bits per heavy atom. The Balaban J connectivity index is 2.03. The van der Waals surface area contributed by atoms with Crippen molar-refractivity contribution in [2.45, 2.75) is 64.3 Å². The first-order chi connectivity index (χ1) is 13.3. The molecule has 0 unspecified atom stereocenters. The Morgan fingerprint density at radius 3 is 2.50 bits per heavy atom. The average Bonchev–Trinajstić information content (AvgIpc) is 3.00. The standard InChI is InChI=1S/C21H35NO6/c1-4-22(10-12(2)24)20(27)21-7-5-6-16(28-3)18(21)14-8-13(11-23)19(26)15(14)9-17(21)25/h13-19,23,25-26H,4-11H2,1-3H3/t13-,14-,15-,16+,17+,18+,19+,21-/m1/s1. The summed E-state index contributed by atoms with van der Waals surface area (Å²) in [6.45, 7) is 3.68. The highest BCUT2D eigenvalue weighted by Crippen LogP contribution is 2.60. The largest absolute Gasteiger partial charge is 0.396 e. The molecule has 0 aromatic heterocycles. The smallest absolute Gasteiger partial charge is 0.232 e. The number of ether oxygens (including phenoxy) is 1. The zero-order chi connectivity index (χ0) is 20.6. The van der Waals surface area contributed by atoms with Gasteiger partial charge in [-0.1, -0.05) is 0 Å². The molecule has 3 aliphatic carbocycles. The molecule has 0 aromatic carbocycles. The Morgan fingerprint density at radius 2 is 1.93 bits per heavy atom. The van der Waals surface area contributed by atoms with E-state index in [4.69, 9.17) is 4.74 Å². The molecule has 3 rings (SSSR count). The summed E-state index contributed by atoms with van der Waals surface area (Å²) in [5.41, 5.74) is -0.990. The molecule has 3 N–H and O–H groups in total. The van der Waals surface area contributed by atoms with Crippen LogP contribution in [0.3, 0.4) is 0 Å². The molecule has 160 valence electrons. The number of aliphatic hydroxyl groups is 3. The molecule has 0 radical (unpaired) electrons. The zero-order valence-corrected chi connectivity index (χ0v) is 17.2. The lowest BCUT2D eigenvalue weighted by Gasteiger charge is -2.57. The van der Waals surface area contributed by atoms with Gasteiger partial charge in [0.1, 0.15) is 5.78 Å². The van der Waals surface area contributed by atoms with E-state index in [9.17, 15) is 24.9 Å². The van der Waals surface area contributed by atoms with E-state index in [0.29, 0.717) is 25.8 Å². The molecule has 28 heavy (non-hydrogen) atoms. The Labute approximate surface area is 167 Å². The third-order valence-corrected chi connectivity index (χ3v) is 7.69. The fourth-order valence-corrected chi connectivity index (χ4v) is 6.51. The number of amides is 1. The molecule has 8 atom stereocenters. The summed E-state index contributed by atoms with van der Waals surface area (Å²) in [5, 5.41) is 31.7. The van der Waals surface area contributed by atoms with Crippen molar-refractivity contribution in [2.24, 2.45) is 29.1 Å². The van der Waals surface area contributed by atoms with E-state index in [2.05, 4.69) is 0 Å². The number of nitrogens with zero attached hydrogens (tertiary/aromatic N) is 1. The Hall–Kier alpha value is -1.02. The minimum Gasteiger partial charge on any atom is -0.396 e. The molecule has 3 fully saturated rings. The molecule has 1 amide bonds. The van der Waals surface area contributed by atoms with Crippen LogP contribution in [0.5, 0.6) is 0 Å². The Kier molecular flexibility index (Phi) is 6.49. The molecule has 3 aliphatic rings. The van der Waals surface area contributed by atoms with Gasteiger partial charge < -0.3 is 25.0 Å².